The third kappa shape index (κ3) is 1.44. The molecule has 1 saturated carbocycles. The summed E-state index contributed by atoms with van der Waals surface area (Å²) in [4.78, 5) is 10.1. The molecule has 3 rings (SSSR count). The largest absolute Gasteiger partial charge is 0.384 e. The van der Waals surface area contributed by atoms with Crippen LogP contribution in [0.2, 0.25) is 0 Å². The van der Waals surface area contributed by atoms with Gasteiger partial charge in [0.2, 0.25) is 0 Å². The number of oxime groups is 1. The van der Waals surface area contributed by atoms with Crippen molar-refractivity contribution >= 4 is 5.71 Å². The molecule has 86 valence electrons. The van der Waals surface area contributed by atoms with Gasteiger partial charge in [0, 0.05) is 25.1 Å². The van der Waals surface area contributed by atoms with Crippen molar-refractivity contribution in [3.8, 4) is 0 Å². The van der Waals surface area contributed by atoms with Crippen LogP contribution in [0.1, 0.15) is 42.6 Å². The molecule has 0 radical (unpaired) electrons. The highest BCUT2D eigenvalue weighted by Crippen LogP contribution is 2.38. The van der Waals surface area contributed by atoms with Gasteiger partial charge in [-0.05, 0) is 26.7 Å². The van der Waals surface area contributed by atoms with E-state index in [-0.39, 0.29) is 6.10 Å². The molecule has 1 aliphatic heterocycles. The molecule has 1 aliphatic carbocycles. The van der Waals surface area contributed by atoms with Crippen LogP contribution in [0, 0.1) is 19.8 Å². The zero-order valence-electron chi connectivity index (χ0n) is 10.0. The van der Waals surface area contributed by atoms with E-state index in [4.69, 9.17) is 4.84 Å². The third-order valence-electron chi connectivity index (χ3n) is 3.68. The van der Waals surface area contributed by atoms with Crippen LogP contribution in [0.15, 0.2) is 5.16 Å². The number of aryl methyl sites for hydroxylation is 1. The summed E-state index contributed by atoms with van der Waals surface area (Å²) >= 11 is 0. The average molecular weight is 219 g/mol. The van der Waals surface area contributed by atoms with E-state index in [0.29, 0.717) is 5.92 Å². The lowest BCUT2D eigenvalue weighted by atomic mass is 10.1. The molecule has 1 unspecified atom stereocenters. The Bertz CT molecular complexity index is 457. The van der Waals surface area contributed by atoms with Crippen LogP contribution in [0.25, 0.3) is 0 Å². The molecule has 0 N–H and O–H groups in total. The Balaban J connectivity index is 1.81. The molecule has 1 aromatic heterocycles. The lowest BCUT2D eigenvalue weighted by Gasteiger charge is -2.08. The van der Waals surface area contributed by atoms with Crippen LogP contribution in [0.5, 0.6) is 0 Å². The van der Waals surface area contributed by atoms with Crippen molar-refractivity contribution in [2.24, 2.45) is 18.1 Å². The first kappa shape index (κ1) is 9.87. The van der Waals surface area contributed by atoms with Gasteiger partial charge in [0.15, 0.2) is 11.9 Å². The van der Waals surface area contributed by atoms with Gasteiger partial charge in [0.25, 0.3) is 0 Å². The maximum absolute atomic E-state index is 5.51. The van der Waals surface area contributed by atoms with E-state index < -0.39 is 0 Å². The standard InChI is InChI=1S/C12H17N3O/c1-7-8(2)15(3)12(13-7)11-6-10(14-16-11)9-4-5-9/h9,11H,4-6H2,1-3H3. The Morgan fingerprint density at radius 3 is 2.62 bits per heavy atom. The van der Waals surface area contributed by atoms with Crippen LogP contribution >= 0.6 is 0 Å². The first-order valence-electron chi connectivity index (χ1n) is 5.89. The summed E-state index contributed by atoms with van der Waals surface area (Å²) in [6.07, 6.45) is 3.53. The summed E-state index contributed by atoms with van der Waals surface area (Å²) in [5.41, 5.74) is 3.53. The molecular formula is C12H17N3O. The Morgan fingerprint density at radius 2 is 2.06 bits per heavy atom. The minimum atomic E-state index is 0.0352. The van der Waals surface area contributed by atoms with Crippen molar-refractivity contribution in [3.63, 3.8) is 0 Å². The van der Waals surface area contributed by atoms with E-state index in [1.54, 1.807) is 0 Å². The summed E-state index contributed by atoms with van der Waals surface area (Å²) < 4.78 is 2.12. The Morgan fingerprint density at radius 1 is 1.31 bits per heavy atom. The molecule has 0 aromatic carbocycles. The first-order chi connectivity index (χ1) is 7.66. The molecular weight excluding hydrogens is 202 g/mol. The van der Waals surface area contributed by atoms with Gasteiger partial charge in [-0.25, -0.2) is 4.98 Å². The van der Waals surface area contributed by atoms with Gasteiger partial charge >= 0.3 is 0 Å². The molecule has 1 aromatic rings. The van der Waals surface area contributed by atoms with Crippen LogP contribution < -0.4 is 0 Å². The predicted molar refractivity (Wildman–Crippen MR) is 61.3 cm³/mol. The molecule has 2 heterocycles. The third-order valence-corrected chi connectivity index (χ3v) is 3.68. The highest BCUT2D eigenvalue weighted by atomic mass is 16.6. The van der Waals surface area contributed by atoms with E-state index >= 15 is 0 Å². The fourth-order valence-corrected chi connectivity index (χ4v) is 2.22. The Hall–Kier alpha value is -1.32. The zero-order chi connectivity index (χ0) is 11.3. The second-order valence-electron chi connectivity index (χ2n) is 4.85. The Kier molecular flexibility index (Phi) is 2.06. The molecule has 16 heavy (non-hydrogen) atoms. The van der Waals surface area contributed by atoms with E-state index in [0.717, 1.165) is 17.9 Å². The summed E-state index contributed by atoms with van der Waals surface area (Å²) in [5, 5.41) is 4.20. The van der Waals surface area contributed by atoms with Crippen LogP contribution in [-0.2, 0) is 11.9 Å². The molecule has 0 spiro atoms. The molecule has 4 nitrogen and oxygen atoms in total. The van der Waals surface area contributed by atoms with E-state index in [1.807, 2.05) is 14.0 Å². The van der Waals surface area contributed by atoms with E-state index in [2.05, 4.69) is 21.6 Å². The van der Waals surface area contributed by atoms with Gasteiger partial charge in [-0.3, -0.25) is 0 Å². The predicted octanol–water partition coefficient (Wildman–Crippen LogP) is 2.26. The monoisotopic (exact) mass is 219 g/mol. The maximum atomic E-state index is 5.51. The van der Waals surface area contributed by atoms with E-state index in [1.165, 1.54) is 24.2 Å². The second kappa shape index (κ2) is 3.34. The summed E-state index contributed by atoms with van der Waals surface area (Å²) in [7, 11) is 2.04. The van der Waals surface area contributed by atoms with Gasteiger partial charge in [-0.2, -0.15) is 0 Å². The number of hydrogen-bond acceptors (Lipinski definition) is 3. The van der Waals surface area contributed by atoms with Gasteiger partial charge in [-0.1, -0.05) is 5.16 Å². The number of imidazole rings is 1. The minimum absolute atomic E-state index is 0.0352. The van der Waals surface area contributed by atoms with E-state index in [9.17, 15) is 0 Å². The van der Waals surface area contributed by atoms with Crippen molar-refractivity contribution in [1.82, 2.24) is 9.55 Å². The number of nitrogens with zero attached hydrogens (tertiary/aromatic N) is 3. The quantitative estimate of drug-likeness (QED) is 0.765. The molecule has 0 amide bonds. The fraction of sp³-hybridized carbons (Fsp3) is 0.667. The summed E-state index contributed by atoms with van der Waals surface area (Å²) in [6, 6.07) is 0. The van der Waals surface area contributed by atoms with Crippen molar-refractivity contribution in [2.75, 3.05) is 0 Å². The maximum Gasteiger partial charge on any atom is 0.190 e. The normalized spacial score (nSPS) is 24.4. The first-order valence-corrected chi connectivity index (χ1v) is 5.89. The van der Waals surface area contributed by atoms with Crippen molar-refractivity contribution < 1.29 is 4.84 Å². The van der Waals surface area contributed by atoms with Crippen LogP contribution in [-0.4, -0.2) is 15.3 Å². The molecule has 2 aliphatic rings. The molecule has 4 heteroatoms. The van der Waals surface area contributed by atoms with Crippen molar-refractivity contribution in [1.29, 1.82) is 0 Å². The second-order valence-corrected chi connectivity index (χ2v) is 4.85. The molecule has 1 fully saturated rings. The van der Waals surface area contributed by atoms with Crippen LogP contribution in [0.4, 0.5) is 0 Å². The van der Waals surface area contributed by atoms with Gasteiger partial charge < -0.3 is 9.40 Å². The smallest absolute Gasteiger partial charge is 0.190 e. The number of rotatable bonds is 2. The highest BCUT2D eigenvalue weighted by molar-refractivity contribution is 5.89. The Labute approximate surface area is 95.3 Å². The molecule has 1 atom stereocenters. The average Bonchev–Trinajstić information content (AvgIpc) is 2.96. The molecule has 0 bridgehead atoms. The van der Waals surface area contributed by atoms with Crippen molar-refractivity contribution in [2.45, 2.75) is 39.2 Å². The van der Waals surface area contributed by atoms with Gasteiger partial charge in [0.1, 0.15) is 0 Å². The topological polar surface area (TPSA) is 39.4 Å². The number of hydrogen-bond donors (Lipinski definition) is 0. The molecule has 0 saturated heterocycles. The SMILES string of the molecule is Cc1nc(C2CC(C3CC3)=NO2)n(C)c1C. The zero-order valence-corrected chi connectivity index (χ0v) is 10.0. The lowest BCUT2D eigenvalue weighted by Crippen LogP contribution is -2.08. The fourth-order valence-electron chi connectivity index (χ4n) is 2.22. The minimum Gasteiger partial charge on any atom is -0.384 e. The number of aromatic nitrogens is 2. The van der Waals surface area contributed by atoms with Gasteiger partial charge in [0.05, 0.1) is 11.4 Å². The summed E-state index contributed by atoms with van der Waals surface area (Å²) in [5.74, 6) is 1.71. The van der Waals surface area contributed by atoms with Crippen LogP contribution in [0.3, 0.4) is 0 Å². The lowest BCUT2D eigenvalue weighted by molar-refractivity contribution is 0.0769. The van der Waals surface area contributed by atoms with Crippen molar-refractivity contribution in [3.05, 3.63) is 17.2 Å². The van der Waals surface area contributed by atoms with Gasteiger partial charge in [-0.15, -0.1) is 0 Å². The summed E-state index contributed by atoms with van der Waals surface area (Å²) in [6.45, 7) is 4.12. The highest BCUT2D eigenvalue weighted by Gasteiger charge is 2.36.